The second-order valence-corrected chi connectivity index (χ2v) is 22.6. The lowest BCUT2D eigenvalue weighted by Gasteiger charge is -2.41. The van der Waals surface area contributed by atoms with E-state index in [2.05, 4.69) is 10.6 Å². The van der Waals surface area contributed by atoms with Crippen LogP contribution in [-0.2, 0) is 90.8 Å². The summed E-state index contributed by atoms with van der Waals surface area (Å²) in [6.45, 7) is 11.5. The fourth-order valence-electron chi connectivity index (χ4n) is 10.9. The molecule has 3 rings (SSSR count). The van der Waals surface area contributed by atoms with Crippen molar-refractivity contribution in [3.63, 3.8) is 0 Å². The number of esters is 5. The van der Waals surface area contributed by atoms with Crippen LogP contribution in [0.4, 0.5) is 0 Å². The number of nitrogens with two attached hydrogens (primary N) is 1. The Hall–Kier alpha value is -7.46. The first-order valence-corrected chi connectivity index (χ1v) is 28.7. The molecular formula is C58H83N3O25. The van der Waals surface area contributed by atoms with Gasteiger partial charge in [0.15, 0.2) is 29.5 Å². The molecular weight excluding hydrogens is 1140 g/mol. The number of rotatable bonds is 37. The van der Waals surface area contributed by atoms with Crippen LogP contribution >= 0.6 is 0 Å². The number of aliphatic carboxylic acids is 4. The Balaban J connectivity index is 1.63. The van der Waals surface area contributed by atoms with Crippen molar-refractivity contribution in [1.82, 2.24) is 10.6 Å². The molecule has 0 spiro atoms. The molecule has 0 radical (unpaired) electrons. The predicted octanol–water partition coefficient (Wildman–Crippen LogP) is 2.40. The molecule has 0 aromatic rings. The van der Waals surface area contributed by atoms with Crippen molar-refractivity contribution in [2.75, 3.05) is 0 Å². The van der Waals surface area contributed by atoms with E-state index >= 15 is 0 Å². The van der Waals surface area contributed by atoms with Crippen LogP contribution in [0.15, 0.2) is 22.8 Å². The van der Waals surface area contributed by atoms with Crippen molar-refractivity contribution in [1.29, 1.82) is 0 Å². The topological polar surface area (TPSA) is 457 Å². The van der Waals surface area contributed by atoms with Gasteiger partial charge in [0.25, 0.3) is 0 Å². The summed E-state index contributed by atoms with van der Waals surface area (Å²) in [4.78, 5) is 178. The average Bonchev–Trinajstić information content (AvgIpc) is 1.66. The normalized spacial score (nSPS) is 25.0. The van der Waals surface area contributed by atoms with E-state index < -0.39 is 211 Å². The molecule has 480 valence electrons. The van der Waals surface area contributed by atoms with Crippen LogP contribution in [0, 0.1) is 17.8 Å². The van der Waals surface area contributed by atoms with E-state index in [1.807, 2.05) is 6.92 Å². The lowest BCUT2D eigenvalue weighted by Crippen LogP contribution is -2.64. The summed E-state index contributed by atoms with van der Waals surface area (Å²) in [6, 6.07) is -4.89. The minimum atomic E-state index is -2.83. The van der Waals surface area contributed by atoms with Gasteiger partial charge in [-0.3, -0.25) is 47.9 Å². The molecule has 1 saturated carbocycles. The second kappa shape index (κ2) is 32.3. The molecule has 0 aromatic heterocycles. The summed E-state index contributed by atoms with van der Waals surface area (Å²) in [6.07, 6.45) is -9.31. The number of allylic oxidation sites excluding steroid dienone is 1. The zero-order valence-corrected chi connectivity index (χ0v) is 49.8. The van der Waals surface area contributed by atoms with Gasteiger partial charge in [0.05, 0.1) is 23.8 Å². The van der Waals surface area contributed by atoms with Crippen molar-refractivity contribution in [2.24, 2.45) is 23.5 Å². The van der Waals surface area contributed by atoms with Gasteiger partial charge in [-0.25, -0.2) is 19.2 Å². The minimum absolute atomic E-state index is 0.0135. The fraction of sp³-hybridized carbons (Fsp3) is 0.690. The Labute approximate surface area is 496 Å². The van der Waals surface area contributed by atoms with E-state index in [9.17, 15) is 97.8 Å². The number of Topliss-reactive ketones (excluding diaryl/α,β-unsaturated/α-hetero) is 3. The number of hydrogen-bond acceptors (Lipinski definition) is 22. The van der Waals surface area contributed by atoms with E-state index in [1.54, 1.807) is 13.8 Å². The Morgan fingerprint density at radius 3 is 1.72 bits per heavy atom. The number of carboxylic acids is 4. The van der Waals surface area contributed by atoms with Crippen LogP contribution < -0.4 is 16.4 Å². The number of amides is 2. The van der Waals surface area contributed by atoms with Gasteiger partial charge < -0.3 is 70.7 Å². The quantitative estimate of drug-likeness (QED) is 0.0142. The molecule has 2 amide bonds. The third-order valence-electron chi connectivity index (χ3n) is 15.9. The van der Waals surface area contributed by atoms with E-state index in [0.29, 0.717) is 19.3 Å². The van der Waals surface area contributed by atoms with E-state index in [4.69, 9.17) is 29.4 Å². The van der Waals surface area contributed by atoms with Gasteiger partial charge >= 0.3 is 53.7 Å². The molecule has 1 aliphatic heterocycles. The number of carbonyl (C=O) groups is 14. The molecule has 2 fully saturated rings. The molecule has 2 aliphatic carbocycles. The lowest BCUT2D eigenvalue weighted by molar-refractivity contribution is -0.212. The van der Waals surface area contributed by atoms with Crippen LogP contribution in [0.5, 0.6) is 0 Å². The molecule has 10 N–H and O–H groups in total. The smallest absolute Gasteiger partial charge is 0.341 e. The maximum atomic E-state index is 13.7. The summed E-state index contributed by atoms with van der Waals surface area (Å²) < 4.78 is 29.4. The zero-order valence-electron chi connectivity index (χ0n) is 49.8. The molecule has 3 aliphatic rings. The molecule has 0 unspecified atom stereocenters. The highest BCUT2D eigenvalue weighted by molar-refractivity contribution is 5.92. The number of ether oxygens (including phenoxy) is 5. The van der Waals surface area contributed by atoms with Gasteiger partial charge in [-0.1, -0.05) is 32.8 Å². The van der Waals surface area contributed by atoms with Crippen molar-refractivity contribution in [3.05, 3.63) is 22.8 Å². The number of fused-ring (bicyclic) bond motifs is 3. The van der Waals surface area contributed by atoms with Crippen molar-refractivity contribution >= 4 is 82.9 Å². The fourth-order valence-corrected chi connectivity index (χ4v) is 10.9. The van der Waals surface area contributed by atoms with Crippen molar-refractivity contribution in [3.8, 4) is 0 Å². The Kier molecular flexibility index (Phi) is 27.4. The molecule has 28 nitrogen and oxygen atoms in total. The monoisotopic (exact) mass is 1220 g/mol. The summed E-state index contributed by atoms with van der Waals surface area (Å²) >= 11 is 0. The Morgan fingerprint density at radius 2 is 1.20 bits per heavy atom. The van der Waals surface area contributed by atoms with Gasteiger partial charge in [-0.2, -0.15) is 0 Å². The summed E-state index contributed by atoms with van der Waals surface area (Å²) in [5.41, 5.74) is -1.31. The molecule has 1 saturated heterocycles. The number of carboxylic acid groups (broad SMARTS) is 4. The van der Waals surface area contributed by atoms with E-state index in [-0.39, 0.29) is 68.1 Å². The largest absolute Gasteiger partial charge is 0.481 e. The highest BCUT2D eigenvalue weighted by Crippen LogP contribution is 2.57. The number of unbranched alkanes of at least 4 members (excludes halogenated alkanes) is 2. The van der Waals surface area contributed by atoms with Crippen LogP contribution in [0.3, 0.4) is 0 Å². The van der Waals surface area contributed by atoms with Crippen LogP contribution in [0.2, 0.25) is 0 Å². The number of aliphatic hydroxyl groups is 2. The van der Waals surface area contributed by atoms with Gasteiger partial charge in [-0.05, 0) is 90.7 Å². The average molecular weight is 1220 g/mol. The van der Waals surface area contributed by atoms with E-state index in [1.165, 1.54) is 26.8 Å². The summed E-state index contributed by atoms with van der Waals surface area (Å²) in [5.74, 6) is -18.2. The summed E-state index contributed by atoms with van der Waals surface area (Å²) in [7, 11) is 0. The molecule has 0 bridgehead atoms. The highest BCUT2D eigenvalue weighted by atomic mass is 16.6. The van der Waals surface area contributed by atoms with Crippen molar-refractivity contribution < 1.29 is 121 Å². The summed E-state index contributed by atoms with van der Waals surface area (Å²) in [5, 5.41) is 67.3. The standard InChI is InChI=1S/C58H83N3O25/c1-9-12-17-43(68)83-47-45-44(30(5)46(47)84-54(78)29(4)11-3)48-58(81,57(8,80)55(79)85-48)40(28-56(45,7)86-31(6)62)82-42(67)18-14-13-16-34(63)27-37(59)49(69)61-39(53(76)77)23-21-36(65)26-33(51(72)73)19-24-41(66)60-38(52(74)75)22-20-35(64)25-32(15-10-2)50(70)71/h11,32-33,37-40,45-48,80-81H,9-10,12-28,59H2,1-8H3,(H,60,66)(H,61,69)(H,70,71)(H,72,73)(H,74,75)(H,76,77)/b29-11-/t32-,33-,37+,38+,39+,40+,45-,46+,47+,48+,56+,57-,58-/m1/s1. The number of carbonyl (C=O) groups excluding carboxylic acids is 10. The third-order valence-corrected chi connectivity index (χ3v) is 15.9. The first kappa shape index (κ1) is 72.8. The number of ketones is 3. The van der Waals surface area contributed by atoms with Crippen molar-refractivity contribution in [2.45, 2.75) is 237 Å². The Bertz CT molecular complexity index is 2660. The highest BCUT2D eigenvalue weighted by Gasteiger charge is 2.76. The first-order valence-electron chi connectivity index (χ1n) is 28.7. The minimum Gasteiger partial charge on any atom is -0.481 e. The molecule has 28 heteroatoms. The molecule has 0 aromatic carbocycles. The lowest BCUT2D eigenvalue weighted by atomic mass is 9.75. The maximum absolute atomic E-state index is 13.7. The third kappa shape index (κ3) is 19.3. The number of nitrogens with one attached hydrogen (secondary N) is 2. The zero-order chi connectivity index (χ0) is 65.2. The molecule has 86 heavy (non-hydrogen) atoms. The molecule has 1 heterocycles. The van der Waals surface area contributed by atoms with E-state index in [0.717, 1.165) is 13.8 Å². The predicted molar refractivity (Wildman–Crippen MR) is 294 cm³/mol. The first-order chi connectivity index (χ1) is 40.1. The van der Waals surface area contributed by atoms with Crippen LogP contribution in [0.25, 0.3) is 0 Å². The van der Waals surface area contributed by atoms with Gasteiger partial charge in [0, 0.05) is 76.7 Å². The van der Waals surface area contributed by atoms with Gasteiger partial charge in [0.2, 0.25) is 11.8 Å². The van der Waals surface area contributed by atoms with Crippen LogP contribution in [0.1, 0.15) is 177 Å². The van der Waals surface area contributed by atoms with Gasteiger partial charge in [0.1, 0.15) is 41.1 Å². The maximum Gasteiger partial charge on any atom is 0.341 e. The molecule has 13 atom stereocenters. The SMILES string of the molecule is C/C=C(/C)C(=O)O[C@H]1C(C)=C2[C@H]([C@@H]1OC(=O)CCCC)[C@@](C)(OC(C)=O)C[C@H](OC(=O)CCCCC(=O)C[C@H](N)C(=O)N[C@@H](CCC(=O)C[C@@H](CCC(=O)N[C@@H](CCC(=O)C[C@@H](CCC)C(=O)O)C(=O)O)C(=O)O)C(=O)O)[C@@]1(O)[C@H]2OC(=O)[C@@]1(C)O. The Morgan fingerprint density at radius 1 is 0.674 bits per heavy atom. The number of hydrogen-bond donors (Lipinski definition) is 9. The second-order valence-electron chi connectivity index (χ2n) is 22.6. The van der Waals surface area contributed by atoms with Crippen LogP contribution in [-0.4, -0.2) is 173 Å². The van der Waals surface area contributed by atoms with Gasteiger partial charge in [-0.15, -0.1) is 0 Å².